The second-order valence-electron chi connectivity index (χ2n) is 7.65. The first kappa shape index (κ1) is 23.3. The zero-order valence-corrected chi connectivity index (χ0v) is 18.5. The molecule has 1 aliphatic heterocycles. The van der Waals surface area contributed by atoms with E-state index >= 15 is 0 Å². The number of amides is 1. The highest BCUT2D eigenvalue weighted by Gasteiger charge is 2.30. The fraction of sp³-hybridized carbons (Fsp3) is 0.174. The van der Waals surface area contributed by atoms with Gasteiger partial charge in [0.25, 0.3) is 11.6 Å². The van der Waals surface area contributed by atoms with Crippen LogP contribution in [-0.4, -0.2) is 50.3 Å². The van der Waals surface area contributed by atoms with Gasteiger partial charge in [0.2, 0.25) is 9.84 Å². The predicted molar refractivity (Wildman–Crippen MR) is 119 cm³/mol. The van der Waals surface area contributed by atoms with Gasteiger partial charge in [-0.05, 0) is 60.7 Å². The van der Waals surface area contributed by atoms with Crippen LogP contribution in [0.2, 0.25) is 0 Å². The number of benzene rings is 3. The summed E-state index contributed by atoms with van der Waals surface area (Å²) in [4.78, 5) is 26.4. The van der Waals surface area contributed by atoms with E-state index in [1.807, 2.05) is 4.90 Å². The molecule has 0 atom stereocenters. The van der Waals surface area contributed by atoms with Crippen molar-refractivity contribution in [2.45, 2.75) is 9.79 Å². The fourth-order valence-corrected chi connectivity index (χ4v) is 5.17. The van der Waals surface area contributed by atoms with Crippen molar-refractivity contribution in [3.8, 4) is 0 Å². The number of nitrogens with zero attached hydrogens (tertiary/aromatic N) is 3. The van der Waals surface area contributed by atoms with Gasteiger partial charge in [0.1, 0.15) is 16.5 Å². The molecule has 0 saturated carbocycles. The first-order valence-corrected chi connectivity index (χ1v) is 11.7. The highest BCUT2D eigenvalue weighted by atomic mass is 32.2. The summed E-state index contributed by atoms with van der Waals surface area (Å²) in [5.74, 6) is -1.45. The lowest BCUT2D eigenvalue weighted by Crippen LogP contribution is -2.48. The van der Waals surface area contributed by atoms with E-state index < -0.39 is 37.1 Å². The number of rotatable bonds is 5. The number of nitro groups is 1. The van der Waals surface area contributed by atoms with Crippen LogP contribution in [0.25, 0.3) is 0 Å². The second kappa shape index (κ2) is 9.18. The lowest BCUT2D eigenvalue weighted by atomic mass is 10.1. The Morgan fingerprint density at radius 2 is 1.41 bits per heavy atom. The minimum atomic E-state index is -4.31. The van der Waals surface area contributed by atoms with Crippen molar-refractivity contribution in [1.29, 1.82) is 0 Å². The Bertz CT molecular complexity index is 1340. The lowest BCUT2D eigenvalue weighted by Gasteiger charge is -2.36. The summed E-state index contributed by atoms with van der Waals surface area (Å²) in [5.41, 5.74) is 0.0691. The molecule has 0 unspecified atom stereocenters. The van der Waals surface area contributed by atoms with Crippen LogP contribution in [0.15, 0.2) is 76.5 Å². The Hall–Kier alpha value is -3.86. The first-order valence-electron chi connectivity index (χ1n) is 10.3. The molecule has 34 heavy (non-hydrogen) atoms. The number of halogens is 2. The van der Waals surface area contributed by atoms with Gasteiger partial charge in [-0.3, -0.25) is 14.9 Å². The van der Waals surface area contributed by atoms with E-state index in [-0.39, 0.29) is 16.3 Å². The van der Waals surface area contributed by atoms with Gasteiger partial charge in [-0.2, -0.15) is 0 Å². The van der Waals surface area contributed by atoms with Crippen molar-refractivity contribution in [3.05, 3.63) is 94.0 Å². The summed E-state index contributed by atoms with van der Waals surface area (Å²) in [7, 11) is -4.31. The van der Waals surface area contributed by atoms with Crippen molar-refractivity contribution in [1.82, 2.24) is 4.90 Å². The van der Waals surface area contributed by atoms with Crippen LogP contribution >= 0.6 is 0 Å². The van der Waals surface area contributed by atoms with E-state index in [0.717, 1.165) is 42.1 Å². The van der Waals surface area contributed by atoms with E-state index in [4.69, 9.17) is 0 Å². The minimum Gasteiger partial charge on any atom is -0.368 e. The standard InChI is InChI=1S/C23H19F2N3O5S/c24-17-2-6-19(7-3-17)26-11-13-27(14-12-26)23(29)16-1-10-22(21(15-16)28(30)31)34(32,33)20-8-4-18(25)5-9-20/h1-10,15H,11-14H2. The maximum absolute atomic E-state index is 13.2. The summed E-state index contributed by atoms with van der Waals surface area (Å²) < 4.78 is 52.1. The lowest BCUT2D eigenvalue weighted by molar-refractivity contribution is -0.387. The van der Waals surface area contributed by atoms with Crippen molar-refractivity contribution in [3.63, 3.8) is 0 Å². The maximum Gasteiger partial charge on any atom is 0.289 e. The molecule has 3 aromatic rings. The average molecular weight is 487 g/mol. The van der Waals surface area contributed by atoms with E-state index in [9.17, 15) is 32.1 Å². The highest BCUT2D eigenvalue weighted by molar-refractivity contribution is 7.91. The molecule has 1 saturated heterocycles. The number of carbonyl (C=O) groups is 1. The Morgan fingerprint density at radius 1 is 0.853 bits per heavy atom. The number of hydrogen-bond donors (Lipinski definition) is 0. The average Bonchev–Trinajstić information content (AvgIpc) is 2.84. The van der Waals surface area contributed by atoms with Crippen LogP contribution < -0.4 is 4.90 Å². The third kappa shape index (κ3) is 4.60. The van der Waals surface area contributed by atoms with Gasteiger partial charge < -0.3 is 9.80 Å². The topological polar surface area (TPSA) is 101 Å². The van der Waals surface area contributed by atoms with Gasteiger partial charge in [0, 0.05) is 43.5 Å². The molecule has 0 radical (unpaired) electrons. The number of carbonyl (C=O) groups excluding carboxylic acids is 1. The summed E-state index contributed by atoms with van der Waals surface area (Å²) in [6.07, 6.45) is 0. The van der Waals surface area contributed by atoms with Gasteiger partial charge in [-0.15, -0.1) is 0 Å². The van der Waals surface area contributed by atoms with Gasteiger partial charge >= 0.3 is 0 Å². The number of piperazine rings is 1. The predicted octanol–water partition coefficient (Wildman–Crippen LogP) is 3.67. The van der Waals surface area contributed by atoms with Crippen LogP contribution in [0.4, 0.5) is 20.2 Å². The smallest absolute Gasteiger partial charge is 0.289 e. The SMILES string of the molecule is O=C(c1ccc(S(=O)(=O)c2ccc(F)cc2)c([N+](=O)[O-])c1)N1CCN(c2ccc(F)cc2)CC1. The summed E-state index contributed by atoms with van der Waals surface area (Å²) >= 11 is 0. The molecule has 0 aromatic heterocycles. The second-order valence-corrected chi connectivity index (χ2v) is 9.57. The van der Waals surface area contributed by atoms with Crippen LogP contribution in [0, 0.1) is 21.7 Å². The van der Waals surface area contributed by atoms with Gasteiger partial charge in [0.05, 0.1) is 9.82 Å². The van der Waals surface area contributed by atoms with E-state index in [1.165, 1.54) is 23.1 Å². The number of sulfone groups is 1. The van der Waals surface area contributed by atoms with Crippen LogP contribution in [-0.2, 0) is 9.84 Å². The number of anilines is 1. The quantitative estimate of drug-likeness (QED) is 0.309. The zero-order valence-electron chi connectivity index (χ0n) is 17.7. The van der Waals surface area contributed by atoms with Crippen molar-refractivity contribution < 1.29 is 26.9 Å². The van der Waals surface area contributed by atoms with Crippen molar-refractivity contribution in [2.24, 2.45) is 0 Å². The highest BCUT2D eigenvalue weighted by Crippen LogP contribution is 2.31. The first-order chi connectivity index (χ1) is 16.2. The minimum absolute atomic E-state index is 0.0139. The molecule has 11 heteroatoms. The Balaban J connectivity index is 1.55. The van der Waals surface area contributed by atoms with Gasteiger partial charge in [0.15, 0.2) is 0 Å². The molecule has 1 aliphatic rings. The third-order valence-corrected chi connectivity index (χ3v) is 7.39. The molecule has 0 bridgehead atoms. The molecule has 0 spiro atoms. The van der Waals surface area contributed by atoms with Gasteiger partial charge in [-0.25, -0.2) is 17.2 Å². The molecule has 1 fully saturated rings. The molecule has 8 nitrogen and oxygen atoms in total. The van der Waals surface area contributed by atoms with Crippen LogP contribution in [0.1, 0.15) is 10.4 Å². The summed E-state index contributed by atoms with van der Waals surface area (Å²) in [6, 6.07) is 13.2. The van der Waals surface area contributed by atoms with E-state index in [1.54, 1.807) is 12.1 Å². The summed E-state index contributed by atoms with van der Waals surface area (Å²) in [6.45, 7) is 1.63. The molecule has 4 rings (SSSR count). The number of nitro benzene ring substituents is 1. The van der Waals surface area contributed by atoms with Crippen molar-refractivity contribution >= 4 is 27.1 Å². The number of hydrogen-bond acceptors (Lipinski definition) is 6. The molecular formula is C23H19F2N3O5S. The Morgan fingerprint density at radius 3 is 1.97 bits per heavy atom. The monoisotopic (exact) mass is 487 g/mol. The third-order valence-electron chi connectivity index (χ3n) is 5.57. The van der Waals surface area contributed by atoms with E-state index in [2.05, 4.69) is 0 Å². The van der Waals surface area contributed by atoms with Gasteiger partial charge in [-0.1, -0.05) is 0 Å². The van der Waals surface area contributed by atoms with Crippen molar-refractivity contribution in [2.75, 3.05) is 31.1 Å². The molecule has 3 aromatic carbocycles. The molecular weight excluding hydrogens is 468 g/mol. The molecule has 0 N–H and O–H groups in total. The van der Waals surface area contributed by atoms with Crippen LogP contribution in [0.5, 0.6) is 0 Å². The Kier molecular flexibility index (Phi) is 6.29. The van der Waals surface area contributed by atoms with Crippen LogP contribution in [0.3, 0.4) is 0 Å². The molecule has 1 heterocycles. The fourth-order valence-electron chi connectivity index (χ4n) is 3.76. The Labute approximate surface area is 194 Å². The molecule has 176 valence electrons. The maximum atomic E-state index is 13.2. The molecule has 1 amide bonds. The normalized spacial score (nSPS) is 14.2. The zero-order chi connectivity index (χ0) is 24.5. The van der Waals surface area contributed by atoms with E-state index in [0.29, 0.717) is 26.2 Å². The summed E-state index contributed by atoms with van der Waals surface area (Å²) in [5, 5.41) is 11.7. The molecule has 0 aliphatic carbocycles. The largest absolute Gasteiger partial charge is 0.368 e.